The lowest BCUT2D eigenvalue weighted by Crippen LogP contribution is -3.00. The molecule has 0 aromatic rings. The molecule has 10 N–H and O–H groups in total. The molecule has 0 saturated carbocycles. The predicted octanol–water partition coefficient (Wildman–Crippen LogP) is -22.3. The van der Waals surface area contributed by atoms with E-state index < -0.39 is 30.7 Å². The molecule has 0 aliphatic rings. The standard InChI is InChI=1S/C7H20N4.3ClHO4.ClH/c8-2-6-10-4-1-5-11-7-3-9;3*2-1(3,4)5;/h10-11H,1-9H2;3*(H,2,3,4,5);1H. The van der Waals surface area contributed by atoms with Gasteiger partial charge in [0.1, 0.15) is 26.2 Å². The zero-order valence-corrected chi connectivity index (χ0v) is 17.0. The normalized spacial score (nSPS) is 10.9. The van der Waals surface area contributed by atoms with E-state index in [1.165, 1.54) is 32.6 Å². The second-order valence-corrected chi connectivity index (χ2v) is 6.19. The fourth-order valence-electron chi connectivity index (χ4n) is 0.984. The lowest BCUT2D eigenvalue weighted by molar-refractivity contribution is -2.00. The Kier molecular flexibility index (Phi) is 32.2. The van der Waals surface area contributed by atoms with Crippen LogP contribution < -0.4 is 90.4 Å². The molecule has 0 spiro atoms. The van der Waals surface area contributed by atoms with E-state index in [4.69, 9.17) is 55.9 Å². The maximum absolute atomic E-state index is 8.49. The summed E-state index contributed by atoms with van der Waals surface area (Å²) in [7, 11) is -14.8. The minimum absolute atomic E-state index is 0. The Labute approximate surface area is 167 Å². The molecule has 27 heavy (non-hydrogen) atoms. The van der Waals surface area contributed by atoms with Crippen LogP contribution in [0.4, 0.5) is 0 Å². The molecule has 172 valence electrons. The van der Waals surface area contributed by atoms with Gasteiger partial charge in [0, 0.05) is 6.42 Å². The van der Waals surface area contributed by atoms with Crippen LogP contribution in [0.2, 0.25) is 0 Å². The largest absolute Gasteiger partial charge is 1.00 e. The molecule has 0 amide bonds. The maximum atomic E-state index is 8.49. The highest BCUT2D eigenvalue weighted by atomic mass is 35.7. The number of nitrogens with two attached hydrogens (primary N) is 2. The molecule has 0 aromatic heterocycles. The van der Waals surface area contributed by atoms with E-state index in [0.29, 0.717) is 0 Å². The van der Waals surface area contributed by atoms with Crippen molar-refractivity contribution in [3.63, 3.8) is 0 Å². The zero-order chi connectivity index (χ0) is 21.9. The Morgan fingerprint density at radius 3 is 0.815 bits per heavy atom. The van der Waals surface area contributed by atoms with E-state index in [-0.39, 0.29) is 12.4 Å². The average molecular weight is 498 g/mol. The van der Waals surface area contributed by atoms with Gasteiger partial charge in [-0.15, -0.1) is 30.7 Å². The van der Waals surface area contributed by atoms with E-state index in [9.17, 15) is 0 Å². The van der Waals surface area contributed by atoms with Gasteiger partial charge in [-0.1, -0.05) is 0 Å². The molecule has 20 heteroatoms. The minimum atomic E-state index is -4.94. The molecule has 0 unspecified atom stereocenters. The average Bonchev–Trinajstić information content (AvgIpc) is 2.32. The highest BCUT2D eigenvalue weighted by Gasteiger charge is 1.92. The molecular formula is C7H24Cl4N4O12. The monoisotopic (exact) mass is 496 g/mol. The Morgan fingerprint density at radius 1 is 0.481 bits per heavy atom. The first kappa shape index (κ1) is 38.2. The van der Waals surface area contributed by atoms with Crippen LogP contribution in [-0.4, -0.2) is 39.3 Å². The third-order valence-electron chi connectivity index (χ3n) is 1.63. The van der Waals surface area contributed by atoms with Gasteiger partial charge in [-0.25, -0.2) is 55.9 Å². The summed E-state index contributed by atoms with van der Waals surface area (Å²) in [6.45, 7) is 6.95. The fourth-order valence-corrected chi connectivity index (χ4v) is 0.984. The van der Waals surface area contributed by atoms with Crippen LogP contribution >= 0.6 is 0 Å². The van der Waals surface area contributed by atoms with Crippen molar-refractivity contribution in [1.82, 2.24) is 0 Å². The Balaban J connectivity index is -0.0000000858. The van der Waals surface area contributed by atoms with E-state index in [0.717, 1.165) is 13.1 Å². The van der Waals surface area contributed by atoms with E-state index in [1.54, 1.807) is 0 Å². The Morgan fingerprint density at radius 2 is 0.667 bits per heavy atom. The number of halogens is 4. The lowest BCUT2D eigenvalue weighted by atomic mass is 10.4. The second-order valence-electron chi connectivity index (χ2n) is 3.93. The van der Waals surface area contributed by atoms with E-state index >= 15 is 0 Å². The summed E-state index contributed by atoms with van der Waals surface area (Å²) in [5.74, 6) is 0. The van der Waals surface area contributed by atoms with Crippen molar-refractivity contribution in [3.8, 4) is 0 Å². The molecule has 16 nitrogen and oxygen atoms in total. The van der Waals surface area contributed by atoms with Crippen LogP contribution in [0.5, 0.6) is 0 Å². The van der Waals surface area contributed by atoms with Crippen LogP contribution in [-0.2, 0) is 0 Å². The van der Waals surface area contributed by atoms with Crippen molar-refractivity contribution in [2.75, 3.05) is 39.3 Å². The Hall–Kier alpha value is 0.520. The maximum Gasteiger partial charge on any atom is 0.125 e. The number of quaternary nitrogens is 4. The highest BCUT2D eigenvalue weighted by molar-refractivity contribution is 4.26. The molecule has 0 fully saturated rings. The van der Waals surface area contributed by atoms with Crippen LogP contribution in [0.15, 0.2) is 0 Å². The molecule has 0 aliphatic heterocycles. The van der Waals surface area contributed by atoms with E-state index in [2.05, 4.69) is 22.1 Å². The van der Waals surface area contributed by atoms with Crippen molar-refractivity contribution in [3.05, 3.63) is 0 Å². The fraction of sp³-hybridized carbons (Fsp3) is 1.00. The van der Waals surface area contributed by atoms with Crippen molar-refractivity contribution in [1.29, 1.82) is 0 Å². The van der Waals surface area contributed by atoms with Gasteiger partial charge >= 0.3 is 0 Å². The number of hydrogen-bond donors (Lipinski definition) is 4. The van der Waals surface area contributed by atoms with Gasteiger partial charge in [0.25, 0.3) is 0 Å². The quantitative estimate of drug-likeness (QED) is 0.227. The first-order chi connectivity index (χ1) is 11.4. The summed E-state index contributed by atoms with van der Waals surface area (Å²) in [5.41, 5.74) is 7.57. The van der Waals surface area contributed by atoms with Gasteiger partial charge in [-0.05, 0) is 0 Å². The van der Waals surface area contributed by atoms with Gasteiger partial charge < -0.3 is 34.5 Å². The molecule has 0 saturated heterocycles. The van der Waals surface area contributed by atoms with Crippen molar-refractivity contribution in [2.24, 2.45) is 0 Å². The van der Waals surface area contributed by atoms with Crippen molar-refractivity contribution < 1.29 is 121 Å². The molecule has 0 atom stereocenters. The number of hydrogen-bond acceptors (Lipinski definition) is 12. The van der Waals surface area contributed by atoms with Gasteiger partial charge in [0.15, 0.2) is 0 Å². The van der Waals surface area contributed by atoms with Crippen molar-refractivity contribution >= 4 is 0 Å². The molecule has 0 aliphatic carbocycles. The summed E-state index contributed by atoms with van der Waals surface area (Å²) in [6, 6.07) is 0. The summed E-state index contributed by atoms with van der Waals surface area (Å²) < 4.78 is 102. The van der Waals surface area contributed by atoms with Gasteiger partial charge in [-0.2, -0.15) is 0 Å². The summed E-state index contributed by atoms with van der Waals surface area (Å²) in [5, 5.41) is 4.68. The third-order valence-corrected chi connectivity index (χ3v) is 1.63. The summed E-state index contributed by atoms with van der Waals surface area (Å²) in [6.07, 6.45) is 1.31. The predicted molar refractivity (Wildman–Crippen MR) is 43.4 cm³/mol. The summed E-state index contributed by atoms with van der Waals surface area (Å²) in [4.78, 5) is 0. The zero-order valence-electron chi connectivity index (χ0n) is 13.9. The third kappa shape index (κ3) is 220. The van der Waals surface area contributed by atoms with Gasteiger partial charge in [0.05, 0.1) is 13.1 Å². The Bertz CT molecular complexity index is 223. The van der Waals surface area contributed by atoms with Crippen molar-refractivity contribution in [2.45, 2.75) is 6.42 Å². The van der Waals surface area contributed by atoms with Gasteiger partial charge in [-0.3, -0.25) is 0 Å². The van der Waals surface area contributed by atoms with Crippen LogP contribution in [0.3, 0.4) is 0 Å². The second kappa shape index (κ2) is 22.8. The minimum Gasteiger partial charge on any atom is -1.00 e. The highest BCUT2D eigenvalue weighted by Crippen LogP contribution is 1.58. The topological polar surface area (TPSA) is 365 Å². The van der Waals surface area contributed by atoms with Crippen LogP contribution in [0.25, 0.3) is 0 Å². The smallest absolute Gasteiger partial charge is 0.125 e. The first-order valence-corrected chi connectivity index (χ1v) is 10.2. The van der Waals surface area contributed by atoms with Crippen LogP contribution in [0, 0.1) is 30.7 Å². The van der Waals surface area contributed by atoms with E-state index in [1.807, 2.05) is 0 Å². The SMILES string of the molecule is [Cl-].[NH3+]CC[NH2+]CCC[NH2+]CC[NH3+].[O-][Cl+3]([O-])([O-])[O-].[O-][Cl+3]([O-])([O-])[O-].[O-][Cl+3]([O-])([O-])[O-]. The molecule has 0 radical (unpaired) electrons. The summed E-state index contributed by atoms with van der Waals surface area (Å²) >= 11 is 0. The number of rotatable bonds is 8. The molecule has 0 aromatic carbocycles. The molecule has 0 rings (SSSR count). The first-order valence-electron chi connectivity index (χ1n) is 6.48. The molecular weight excluding hydrogens is 474 g/mol. The lowest BCUT2D eigenvalue weighted by Gasteiger charge is -2.17. The van der Waals surface area contributed by atoms with Crippen LogP contribution in [0.1, 0.15) is 6.42 Å². The van der Waals surface area contributed by atoms with Gasteiger partial charge in [0.2, 0.25) is 0 Å². The molecule has 0 heterocycles. The molecule has 0 bridgehead atoms.